The second kappa shape index (κ2) is 10.6. The van der Waals surface area contributed by atoms with Crippen molar-refractivity contribution >= 4 is 44.9 Å². The minimum Gasteiger partial charge on any atom is -0.497 e. The summed E-state index contributed by atoms with van der Waals surface area (Å²) in [6, 6.07) is 16.2. The van der Waals surface area contributed by atoms with E-state index >= 15 is 0 Å². The smallest absolute Gasteiger partial charge is 0.263 e. The van der Waals surface area contributed by atoms with Crippen molar-refractivity contribution in [1.82, 2.24) is 15.1 Å². The molecule has 0 radical (unpaired) electrons. The molecule has 0 unspecified atom stereocenters. The molecule has 0 atom stereocenters. The first kappa shape index (κ1) is 24.2. The van der Waals surface area contributed by atoms with Gasteiger partial charge in [-0.2, -0.15) is 0 Å². The molecule has 0 aliphatic heterocycles. The van der Waals surface area contributed by atoms with E-state index in [9.17, 15) is 13.2 Å². The van der Waals surface area contributed by atoms with Crippen molar-refractivity contribution in [2.24, 2.45) is 0 Å². The average molecular weight is 512 g/mol. The van der Waals surface area contributed by atoms with Crippen molar-refractivity contribution in [3.05, 3.63) is 78.2 Å². The molecule has 4 rings (SSSR count). The van der Waals surface area contributed by atoms with Crippen LogP contribution in [0, 0.1) is 6.92 Å². The molecule has 35 heavy (non-hydrogen) atoms. The van der Waals surface area contributed by atoms with E-state index in [4.69, 9.17) is 9.26 Å². The molecule has 2 heterocycles. The van der Waals surface area contributed by atoms with Crippen LogP contribution < -0.4 is 14.8 Å². The number of ketones is 1. The van der Waals surface area contributed by atoms with Crippen molar-refractivity contribution in [1.29, 1.82) is 0 Å². The van der Waals surface area contributed by atoms with Crippen molar-refractivity contribution in [2.75, 3.05) is 22.9 Å². The van der Waals surface area contributed by atoms with E-state index in [1.54, 1.807) is 62.7 Å². The van der Waals surface area contributed by atoms with E-state index in [0.29, 0.717) is 33.7 Å². The molecule has 4 aromatic rings. The van der Waals surface area contributed by atoms with Crippen LogP contribution in [0.2, 0.25) is 0 Å². The van der Waals surface area contributed by atoms with Crippen LogP contribution in [0.3, 0.4) is 0 Å². The second-order valence-corrected chi connectivity index (χ2v) is 9.87. The van der Waals surface area contributed by atoms with Crippen LogP contribution in [0.15, 0.2) is 81.4 Å². The predicted octanol–water partition coefficient (Wildman–Crippen LogP) is 4.30. The van der Waals surface area contributed by atoms with Crippen LogP contribution in [0.5, 0.6) is 5.75 Å². The number of Topliss-reactive ketones (excluding diaryl/α,β-unsaturated/α-hetero) is 1. The summed E-state index contributed by atoms with van der Waals surface area (Å²) in [5, 5.41) is 7.17. The van der Waals surface area contributed by atoms with Gasteiger partial charge in [0.05, 0.1) is 17.8 Å². The predicted molar refractivity (Wildman–Crippen MR) is 132 cm³/mol. The topological polar surface area (TPSA) is 136 Å². The summed E-state index contributed by atoms with van der Waals surface area (Å²) < 4.78 is 37.4. The number of methoxy groups -OCH3 is 1. The summed E-state index contributed by atoms with van der Waals surface area (Å²) in [6.07, 6.45) is 1.58. The lowest BCUT2D eigenvalue weighted by atomic mass is 10.1. The Morgan fingerprint density at radius 2 is 1.80 bits per heavy atom. The zero-order valence-corrected chi connectivity index (χ0v) is 20.4. The molecule has 10 nitrogen and oxygen atoms in total. The molecule has 0 aliphatic carbocycles. The number of benzene rings is 2. The molecule has 0 saturated carbocycles. The van der Waals surface area contributed by atoms with Crippen LogP contribution in [0.4, 0.5) is 17.3 Å². The van der Waals surface area contributed by atoms with E-state index in [-0.39, 0.29) is 22.2 Å². The number of hydrogen-bond acceptors (Lipinski definition) is 10. The van der Waals surface area contributed by atoms with Crippen LogP contribution in [-0.2, 0) is 10.0 Å². The number of aryl methyl sites for hydroxylation is 1. The highest BCUT2D eigenvalue weighted by Crippen LogP contribution is 2.22. The lowest BCUT2D eigenvalue weighted by Crippen LogP contribution is -2.13. The van der Waals surface area contributed by atoms with Crippen LogP contribution >= 0.6 is 11.8 Å². The van der Waals surface area contributed by atoms with Crippen molar-refractivity contribution in [3.8, 4) is 5.75 Å². The molecule has 0 saturated heterocycles. The van der Waals surface area contributed by atoms with E-state index in [2.05, 4.69) is 25.2 Å². The number of hydrogen-bond donors (Lipinski definition) is 2. The highest BCUT2D eigenvalue weighted by atomic mass is 32.2. The van der Waals surface area contributed by atoms with Crippen LogP contribution in [-0.4, -0.2) is 42.2 Å². The van der Waals surface area contributed by atoms with E-state index in [1.807, 2.05) is 0 Å². The Morgan fingerprint density at radius 3 is 2.46 bits per heavy atom. The lowest BCUT2D eigenvalue weighted by molar-refractivity contribution is 0.102. The number of carbonyl (C=O) groups is 1. The largest absolute Gasteiger partial charge is 0.497 e. The van der Waals surface area contributed by atoms with Gasteiger partial charge in [0.25, 0.3) is 10.0 Å². The number of rotatable bonds is 10. The quantitative estimate of drug-likeness (QED) is 0.180. The second-order valence-electron chi connectivity index (χ2n) is 7.24. The summed E-state index contributed by atoms with van der Waals surface area (Å²) in [6.45, 7) is 1.67. The normalized spacial score (nSPS) is 11.1. The Bertz CT molecular complexity index is 1420. The zero-order valence-electron chi connectivity index (χ0n) is 18.8. The monoisotopic (exact) mass is 511 g/mol. The third-order valence-corrected chi connectivity index (χ3v) is 6.91. The molecule has 0 spiro atoms. The first-order valence-corrected chi connectivity index (χ1v) is 12.8. The molecule has 0 bridgehead atoms. The van der Waals surface area contributed by atoms with Crippen molar-refractivity contribution in [2.45, 2.75) is 17.0 Å². The average Bonchev–Trinajstić information content (AvgIpc) is 3.26. The van der Waals surface area contributed by atoms with Gasteiger partial charge in [0.1, 0.15) is 17.3 Å². The molecule has 0 aliphatic rings. The van der Waals surface area contributed by atoms with Gasteiger partial charge in [-0.1, -0.05) is 16.9 Å². The fourth-order valence-corrected chi connectivity index (χ4v) is 4.66. The van der Waals surface area contributed by atoms with Gasteiger partial charge in [-0.15, -0.1) is 0 Å². The maximum Gasteiger partial charge on any atom is 0.263 e. The molecule has 2 aromatic carbocycles. The van der Waals surface area contributed by atoms with E-state index < -0.39 is 10.0 Å². The number of anilines is 3. The molecule has 2 N–H and O–H groups in total. The fourth-order valence-electron chi connectivity index (χ4n) is 2.95. The molecule has 2 aromatic heterocycles. The standard InChI is InChI=1S/C23H21N5O5S2/c1-15-13-22(27-33-15)28-35(30,31)19-9-5-17(6-10-19)25-21-11-12-24-23(26-21)34-14-20(29)16-3-7-18(32-2)8-4-16/h3-13H,14H2,1-2H3,(H,27,28)(H,24,25,26). The first-order valence-electron chi connectivity index (χ1n) is 10.3. The lowest BCUT2D eigenvalue weighted by Gasteiger charge is -2.09. The maximum absolute atomic E-state index is 12.5. The number of sulfonamides is 1. The SMILES string of the molecule is COc1ccc(C(=O)CSc2nccc(Nc3ccc(S(=O)(=O)Nc4cc(C)on4)cc3)n2)cc1. The van der Waals surface area contributed by atoms with Gasteiger partial charge in [0.2, 0.25) is 0 Å². The van der Waals surface area contributed by atoms with Gasteiger partial charge in [-0.25, -0.2) is 18.4 Å². The van der Waals surface area contributed by atoms with E-state index in [0.717, 1.165) is 0 Å². The molecular weight excluding hydrogens is 490 g/mol. The third-order valence-electron chi connectivity index (χ3n) is 4.68. The Morgan fingerprint density at radius 1 is 1.06 bits per heavy atom. The zero-order chi connectivity index (χ0) is 24.8. The molecule has 180 valence electrons. The number of aromatic nitrogens is 3. The maximum atomic E-state index is 12.5. The van der Waals surface area contributed by atoms with E-state index in [1.165, 1.54) is 30.0 Å². The molecule has 0 amide bonds. The number of nitrogens with one attached hydrogen (secondary N) is 2. The first-order chi connectivity index (χ1) is 16.8. The number of ether oxygens (including phenoxy) is 1. The van der Waals surface area contributed by atoms with Crippen molar-refractivity contribution < 1.29 is 22.5 Å². The summed E-state index contributed by atoms with van der Waals surface area (Å²) >= 11 is 1.22. The molecule has 12 heteroatoms. The highest BCUT2D eigenvalue weighted by molar-refractivity contribution is 7.99. The van der Waals surface area contributed by atoms with Crippen LogP contribution in [0.25, 0.3) is 0 Å². The Labute approximate surface area is 206 Å². The number of thioether (sulfide) groups is 1. The highest BCUT2D eigenvalue weighted by Gasteiger charge is 2.16. The van der Waals surface area contributed by atoms with Gasteiger partial charge >= 0.3 is 0 Å². The Kier molecular flexibility index (Phi) is 7.32. The minimum absolute atomic E-state index is 0.0502. The molecular formula is C23H21N5O5S2. The summed E-state index contributed by atoms with van der Waals surface area (Å²) in [5.74, 6) is 1.93. The van der Waals surface area contributed by atoms with Gasteiger partial charge in [0, 0.05) is 23.5 Å². The minimum atomic E-state index is -3.81. The third kappa shape index (κ3) is 6.37. The Balaban J connectivity index is 1.36. The number of carbonyl (C=O) groups excluding carboxylic acids is 1. The molecule has 0 fully saturated rings. The van der Waals surface area contributed by atoms with Crippen molar-refractivity contribution in [3.63, 3.8) is 0 Å². The summed E-state index contributed by atoms with van der Waals surface area (Å²) in [7, 11) is -2.24. The van der Waals surface area contributed by atoms with Crippen LogP contribution in [0.1, 0.15) is 16.1 Å². The summed E-state index contributed by atoms with van der Waals surface area (Å²) in [4.78, 5) is 21.1. The Hall–Kier alpha value is -3.90. The summed E-state index contributed by atoms with van der Waals surface area (Å²) in [5.41, 5.74) is 1.21. The van der Waals surface area contributed by atoms with Gasteiger partial charge in [-0.05, 0) is 61.5 Å². The van der Waals surface area contributed by atoms with Gasteiger partial charge in [-0.3, -0.25) is 9.52 Å². The van der Waals surface area contributed by atoms with Gasteiger partial charge in [0.15, 0.2) is 16.8 Å². The van der Waals surface area contributed by atoms with Gasteiger partial charge < -0.3 is 14.6 Å². The fraction of sp³-hybridized carbons (Fsp3) is 0.130. The number of nitrogens with zero attached hydrogens (tertiary/aromatic N) is 3.